The summed E-state index contributed by atoms with van der Waals surface area (Å²) in [6, 6.07) is -0.623. The number of amides is 3. The molecule has 1 aliphatic heterocycles. The lowest BCUT2D eigenvalue weighted by atomic mass is 9.99. The van der Waals surface area contributed by atoms with E-state index in [-0.39, 0.29) is 5.78 Å². The van der Waals surface area contributed by atoms with Gasteiger partial charge >= 0.3 is 12.0 Å². The summed E-state index contributed by atoms with van der Waals surface area (Å²) in [6.45, 7) is 5.59. The van der Waals surface area contributed by atoms with Crippen LogP contribution in [0.4, 0.5) is 4.79 Å². The number of urea groups is 1. The van der Waals surface area contributed by atoms with Gasteiger partial charge in [0.15, 0.2) is 11.9 Å². The largest absolute Gasteiger partial charge is 0.453 e. The van der Waals surface area contributed by atoms with Gasteiger partial charge in [-0.05, 0) is 27.2 Å². The molecule has 0 bridgehead atoms. The molecule has 0 spiro atoms. The number of esters is 1. The van der Waals surface area contributed by atoms with Crippen molar-refractivity contribution in [3.63, 3.8) is 0 Å². The molecule has 7 nitrogen and oxygen atoms in total. The lowest BCUT2D eigenvalue weighted by Gasteiger charge is -2.19. The standard InChI is InChI=1S/C12H18N2O5/c1-5-12(4)10(17)14(11(18)13-12)6-9(16)19-8(3)7(2)15/h8H,5-6H2,1-4H3,(H,13,18)/t8-,12-/m1/s1. The fraction of sp³-hybridized carbons (Fsp3) is 0.667. The van der Waals surface area contributed by atoms with Crippen molar-refractivity contribution in [2.75, 3.05) is 6.54 Å². The molecule has 1 N–H and O–H groups in total. The first-order valence-corrected chi connectivity index (χ1v) is 6.05. The van der Waals surface area contributed by atoms with Crippen LogP contribution in [0.3, 0.4) is 0 Å². The van der Waals surface area contributed by atoms with Gasteiger partial charge < -0.3 is 10.1 Å². The number of imide groups is 1. The van der Waals surface area contributed by atoms with Gasteiger partial charge in [-0.25, -0.2) is 4.79 Å². The first kappa shape index (κ1) is 15.1. The molecule has 106 valence electrons. The zero-order valence-electron chi connectivity index (χ0n) is 11.5. The quantitative estimate of drug-likeness (QED) is 0.570. The highest BCUT2D eigenvalue weighted by molar-refractivity contribution is 6.08. The van der Waals surface area contributed by atoms with Gasteiger partial charge in [-0.2, -0.15) is 0 Å². The van der Waals surface area contributed by atoms with Crippen molar-refractivity contribution in [2.24, 2.45) is 0 Å². The Kier molecular flexibility index (Phi) is 4.28. The third-order valence-electron chi connectivity index (χ3n) is 3.22. The van der Waals surface area contributed by atoms with Gasteiger partial charge in [-0.15, -0.1) is 0 Å². The van der Waals surface area contributed by atoms with Crippen molar-refractivity contribution in [2.45, 2.75) is 45.8 Å². The molecule has 0 aliphatic carbocycles. The molecule has 0 aromatic heterocycles. The van der Waals surface area contributed by atoms with Crippen molar-refractivity contribution >= 4 is 23.7 Å². The molecular weight excluding hydrogens is 252 g/mol. The molecule has 3 amide bonds. The van der Waals surface area contributed by atoms with Crippen molar-refractivity contribution in [1.82, 2.24) is 10.2 Å². The minimum atomic E-state index is -0.983. The van der Waals surface area contributed by atoms with E-state index in [1.165, 1.54) is 13.8 Å². The highest BCUT2D eigenvalue weighted by Gasteiger charge is 2.47. The van der Waals surface area contributed by atoms with Crippen LogP contribution in [-0.2, 0) is 19.1 Å². The Balaban J connectivity index is 2.68. The Hall–Kier alpha value is -1.92. The van der Waals surface area contributed by atoms with Crippen molar-refractivity contribution in [3.05, 3.63) is 0 Å². The fourth-order valence-electron chi connectivity index (χ4n) is 1.58. The normalized spacial score (nSPS) is 24.1. The Morgan fingerprint density at radius 1 is 1.42 bits per heavy atom. The summed E-state index contributed by atoms with van der Waals surface area (Å²) in [5, 5.41) is 2.52. The Morgan fingerprint density at radius 2 is 2.00 bits per heavy atom. The number of carbonyl (C=O) groups is 4. The second kappa shape index (κ2) is 5.38. The number of Topliss-reactive ketones (excluding diaryl/α,β-unsaturated/α-hetero) is 1. The third-order valence-corrected chi connectivity index (χ3v) is 3.22. The summed E-state index contributed by atoms with van der Waals surface area (Å²) in [4.78, 5) is 46.9. The number of hydrogen-bond acceptors (Lipinski definition) is 5. The number of nitrogens with one attached hydrogen (secondary N) is 1. The minimum Gasteiger partial charge on any atom is -0.453 e. The number of nitrogens with zero attached hydrogens (tertiary/aromatic N) is 1. The van der Waals surface area contributed by atoms with Crippen molar-refractivity contribution < 1.29 is 23.9 Å². The van der Waals surface area contributed by atoms with Crippen LogP contribution >= 0.6 is 0 Å². The molecule has 1 saturated heterocycles. The van der Waals surface area contributed by atoms with Crippen LogP contribution < -0.4 is 5.32 Å². The van der Waals surface area contributed by atoms with Gasteiger partial charge in [-0.3, -0.25) is 19.3 Å². The van der Waals surface area contributed by atoms with E-state index in [0.717, 1.165) is 4.90 Å². The molecule has 0 aromatic carbocycles. The number of ketones is 1. The minimum absolute atomic E-state index is 0.302. The zero-order chi connectivity index (χ0) is 14.8. The average molecular weight is 270 g/mol. The molecule has 0 saturated carbocycles. The first-order chi connectivity index (χ1) is 8.71. The molecule has 2 atom stereocenters. The maximum absolute atomic E-state index is 12.0. The maximum Gasteiger partial charge on any atom is 0.326 e. The number of hydrogen-bond donors (Lipinski definition) is 1. The van der Waals surface area contributed by atoms with E-state index in [1.807, 2.05) is 0 Å². The van der Waals surface area contributed by atoms with E-state index >= 15 is 0 Å². The molecule has 1 heterocycles. The Morgan fingerprint density at radius 3 is 2.42 bits per heavy atom. The number of ether oxygens (including phenoxy) is 1. The fourth-order valence-corrected chi connectivity index (χ4v) is 1.58. The Labute approximate surface area is 111 Å². The maximum atomic E-state index is 12.0. The van der Waals surface area contributed by atoms with Gasteiger partial charge in [0.05, 0.1) is 0 Å². The predicted molar refractivity (Wildman–Crippen MR) is 65.2 cm³/mol. The number of rotatable bonds is 5. The second-order valence-corrected chi connectivity index (χ2v) is 4.75. The van der Waals surface area contributed by atoms with E-state index in [0.29, 0.717) is 6.42 Å². The van der Waals surface area contributed by atoms with Crippen molar-refractivity contribution in [3.8, 4) is 0 Å². The predicted octanol–water partition coefficient (Wildman–Crippen LogP) is 0.228. The SMILES string of the molecule is CC[C@@]1(C)NC(=O)N(CC(=O)O[C@H](C)C(C)=O)C1=O. The second-order valence-electron chi connectivity index (χ2n) is 4.75. The molecule has 1 aliphatic rings. The molecule has 1 rings (SSSR count). The summed E-state index contributed by atoms with van der Waals surface area (Å²) in [5.41, 5.74) is -0.983. The van der Waals surface area contributed by atoms with E-state index in [2.05, 4.69) is 5.32 Å². The van der Waals surface area contributed by atoms with Crippen LogP contribution in [0.1, 0.15) is 34.1 Å². The molecule has 0 radical (unpaired) electrons. The summed E-state index contributed by atoms with van der Waals surface area (Å²) in [5.74, 6) is -1.55. The monoisotopic (exact) mass is 270 g/mol. The molecule has 0 aromatic rings. The zero-order valence-corrected chi connectivity index (χ0v) is 11.5. The summed E-state index contributed by atoms with van der Waals surface area (Å²) in [6.07, 6.45) is -0.460. The first-order valence-electron chi connectivity index (χ1n) is 6.05. The molecule has 19 heavy (non-hydrogen) atoms. The highest BCUT2D eigenvalue weighted by atomic mass is 16.5. The smallest absolute Gasteiger partial charge is 0.326 e. The van der Waals surface area contributed by atoms with Crippen LogP contribution in [-0.4, -0.2) is 46.8 Å². The van der Waals surface area contributed by atoms with Gasteiger partial charge in [0.1, 0.15) is 12.1 Å². The lowest BCUT2D eigenvalue weighted by molar-refractivity contribution is -0.155. The van der Waals surface area contributed by atoms with Crippen LogP contribution in [0.5, 0.6) is 0 Å². The van der Waals surface area contributed by atoms with E-state index in [9.17, 15) is 19.2 Å². The van der Waals surface area contributed by atoms with Gasteiger partial charge in [0.2, 0.25) is 0 Å². The topological polar surface area (TPSA) is 92.8 Å². The third kappa shape index (κ3) is 3.10. The summed E-state index contributed by atoms with van der Waals surface area (Å²) >= 11 is 0. The molecule has 7 heteroatoms. The van der Waals surface area contributed by atoms with E-state index < -0.39 is 36.1 Å². The summed E-state index contributed by atoms with van der Waals surface area (Å²) < 4.78 is 4.81. The van der Waals surface area contributed by atoms with Crippen LogP contribution in [0.2, 0.25) is 0 Å². The highest BCUT2D eigenvalue weighted by Crippen LogP contribution is 2.20. The van der Waals surface area contributed by atoms with Gasteiger partial charge in [0, 0.05) is 0 Å². The van der Waals surface area contributed by atoms with Crippen LogP contribution in [0.25, 0.3) is 0 Å². The van der Waals surface area contributed by atoms with E-state index in [4.69, 9.17) is 4.74 Å². The Bertz CT molecular complexity index is 434. The number of carbonyl (C=O) groups excluding carboxylic acids is 4. The van der Waals surface area contributed by atoms with Gasteiger partial charge in [-0.1, -0.05) is 6.92 Å². The lowest BCUT2D eigenvalue weighted by Crippen LogP contribution is -2.43. The molecular formula is C12H18N2O5. The molecule has 1 fully saturated rings. The van der Waals surface area contributed by atoms with E-state index in [1.54, 1.807) is 13.8 Å². The summed E-state index contributed by atoms with van der Waals surface area (Å²) in [7, 11) is 0. The van der Waals surface area contributed by atoms with Crippen LogP contribution in [0.15, 0.2) is 0 Å². The van der Waals surface area contributed by atoms with Gasteiger partial charge in [0.25, 0.3) is 5.91 Å². The average Bonchev–Trinajstić information content (AvgIpc) is 2.53. The van der Waals surface area contributed by atoms with Crippen LogP contribution in [0, 0.1) is 0 Å². The molecule has 0 unspecified atom stereocenters. The van der Waals surface area contributed by atoms with Crippen molar-refractivity contribution in [1.29, 1.82) is 0 Å².